The average Bonchev–Trinajstić information content (AvgIpc) is 2.80. The molecule has 3 nitrogen and oxygen atoms in total. The molecule has 0 saturated heterocycles. The molecule has 0 saturated carbocycles. The van der Waals surface area contributed by atoms with E-state index in [2.05, 4.69) is 10.6 Å². The number of anilines is 1. The highest BCUT2D eigenvalue weighted by atomic mass is 32.1. The van der Waals surface area contributed by atoms with Gasteiger partial charge in [0.1, 0.15) is 17.3 Å². The SMILES string of the molecule is Cc1ccsc1CNCC(=O)Nc1c(F)cccc1F. The summed E-state index contributed by atoms with van der Waals surface area (Å²) in [5, 5.41) is 7.14. The van der Waals surface area contributed by atoms with Crippen LogP contribution in [0.5, 0.6) is 0 Å². The Morgan fingerprint density at radius 3 is 2.55 bits per heavy atom. The van der Waals surface area contributed by atoms with Crippen molar-refractivity contribution < 1.29 is 13.6 Å². The van der Waals surface area contributed by atoms with Gasteiger partial charge >= 0.3 is 0 Å². The maximum absolute atomic E-state index is 13.3. The summed E-state index contributed by atoms with van der Waals surface area (Å²) < 4.78 is 26.7. The third kappa shape index (κ3) is 3.61. The van der Waals surface area contributed by atoms with Crippen molar-refractivity contribution >= 4 is 22.9 Å². The molecule has 0 radical (unpaired) electrons. The van der Waals surface area contributed by atoms with Gasteiger partial charge in [-0.2, -0.15) is 0 Å². The lowest BCUT2D eigenvalue weighted by atomic mass is 10.3. The Labute approximate surface area is 119 Å². The van der Waals surface area contributed by atoms with Gasteiger partial charge in [0, 0.05) is 11.4 Å². The molecule has 0 spiro atoms. The summed E-state index contributed by atoms with van der Waals surface area (Å²) in [4.78, 5) is 12.8. The fourth-order valence-electron chi connectivity index (χ4n) is 1.68. The number of rotatable bonds is 5. The van der Waals surface area contributed by atoms with Gasteiger partial charge in [0.2, 0.25) is 5.91 Å². The van der Waals surface area contributed by atoms with E-state index in [1.165, 1.54) is 6.07 Å². The number of hydrogen-bond acceptors (Lipinski definition) is 3. The minimum atomic E-state index is -0.785. The molecule has 0 bridgehead atoms. The number of halogens is 2. The highest BCUT2D eigenvalue weighted by Crippen LogP contribution is 2.18. The third-order valence-electron chi connectivity index (χ3n) is 2.77. The Hall–Kier alpha value is -1.79. The molecule has 0 aliphatic carbocycles. The molecular formula is C14H14F2N2OS. The van der Waals surface area contributed by atoms with Crippen molar-refractivity contribution in [3.63, 3.8) is 0 Å². The predicted octanol–water partition coefficient (Wildman–Crippen LogP) is 3.06. The number of nitrogens with one attached hydrogen (secondary N) is 2. The van der Waals surface area contributed by atoms with Gasteiger partial charge in [-0.25, -0.2) is 8.78 Å². The van der Waals surface area contributed by atoms with Gasteiger partial charge in [-0.1, -0.05) is 6.07 Å². The fraction of sp³-hybridized carbons (Fsp3) is 0.214. The first-order chi connectivity index (χ1) is 9.58. The number of hydrogen-bond donors (Lipinski definition) is 2. The zero-order valence-electron chi connectivity index (χ0n) is 10.9. The van der Waals surface area contributed by atoms with Crippen molar-refractivity contribution in [2.75, 3.05) is 11.9 Å². The Morgan fingerprint density at radius 2 is 1.95 bits per heavy atom. The lowest BCUT2D eigenvalue weighted by molar-refractivity contribution is -0.115. The van der Waals surface area contributed by atoms with Crippen molar-refractivity contribution in [3.8, 4) is 0 Å². The van der Waals surface area contributed by atoms with Crippen LogP contribution in [0.15, 0.2) is 29.6 Å². The molecule has 0 atom stereocenters. The summed E-state index contributed by atoms with van der Waals surface area (Å²) in [5.74, 6) is -2.05. The van der Waals surface area contributed by atoms with Crippen LogP contribution in [-0.2, 0) is 11.3 Å². The Morgan fingerprint density at radius 1 is 1.25 bits per heavy atom. The van der Waals surface area contributed by atoms with Crippen molar-refractivity contribution in [2.24, 2.45) is 0 Å². The minimum absolute atomic E-state index is 0.00882. The second kappa shape index (κ2) is 6.58. The monoisotopic (exact) mass is 296 g/mol. The lowest BCUT2D eigenvalue weighted by Crippen LogP contribution is -2.28. The molecule has 1 amide bonds. The number of aryl methyl sites for hydroxylation is 1. The molecule has 1 aromatic carbocycles. The van der Waals surface area contributed by atoms with E-state index in [4.69, 9.17) is 0 Å². The van der Waals surface area contributed by atoms with E-state index in [-0.39, 0.29) is 6.54 Å². The first-order valence-corrected chi connectivity index (χ1v) is 6.93. The molecule has 0 aliphatic rings. The summed E-state index contributed by atoms with van der Waals surface area (Å²) in [5.41, 5.74) is 0.745. The molecule has 2 N–H and O–H groups in total. The van der Waals surface area contributed by atoms with E-state index >= 15 is 0 Å². The van der Waals surface area contributed by atoms with E-state index in [1.807, 2.05) is 18.4 Å². The average molecular weight is 296 g/mol. The number of carbonyl (C=O) groups excluding carboxylic acids is 1. The summed E-state index contributed by atoms with van der Waals surface area (Å²) in [6.07, 6.45) is 0. The van der Waals surface area contributed by atoms with Crippen LogP contribution in [0.2, 0.25) is 0 Å². The summed E-state index contributed by atoms with van der Waals surface area (Å²) in [7, 11) is 0. The molecule has 0 unspecified atom stereocenters. The lowest BCUT2D eigenvalue weighted by Gasteiger charge is -2.08. The highest BCUT2D eigenvalue weighted by Gasteiger charge is 2.11. The first kappa shape index (κ1) is 14.6. The van der Waals surface area contributed by atoms with Gasteiger partial charge in [-0.3, -0.25) is 4.79 Å². The number of para-hydroxylation sites is 1. The molecule has 6 heteroatoms. The number of benzene rings is 1. The maximum atomic E-state index is 13.3. The van der Waals surface area contributed by atoms with Crippen LogP contribution in [0.1, 0.15) is 10.4 Å². The van der Waals surface area contributed by atoms with Gasteiger partial charge in [-0.05, 0) is 36.1 Å². The smallest absolute Gasteiger partial charge is 0.238 e. The van der Waals surface area contributed by atoms with Crippen LogP contribution in [0.25, 0.3) is 0 Å². The first-order valence-electron chi connectivity index (χ1n) is 6.05. The summed E-state index contributed by atoms with van der Waals surface area (Å²) in [6.45, 7) is 2.53. The molecular weight excluding hydrogens is 282 g/mol. The molecule has 1 aromatic heterocycles. The van der Waals surface area contributed by atoms with Crippen molar-refractivity contribution in [1.82, 2.24) is 5.32 Å². The predicted molar refractivity (Wildman–Crippen MR) is 75.8 cm³/mol. The zero-order chi connectivity index (χ0) is 14.5. The van der Waals surface area contributed by atoms with Crippen LogP contribution in [0, 0.1) is 18.6 Å². The van der Waals surface area contributed by atoms with Gasteiger partial charge in [0.15, 0.2) is 0 Å². The molecule has 0 fully saturated rings. The van der Waals surface area contributed by atoms with Crippen molar-refractivity contribution in [1.29, 1.82) is 0 Å². The van der Waals surface area contributed by atoms with Gasteiger partial charge in [0.25, 0.3) is 0 Å². The standard InChI is InChI=1S/C14H14F2N2OS/c1-9-5-6-20-12(9)7-17-8-13(19)18-14-10(15)3-2-4-11(14)16/h2-6,17H,7-8H2,1H3,(H,18,19). The normalized spacial score (nSPS) is 10.6. The van der Waals surface area contributed by atoms with Crippen LogP contribution in [0.3, 0.4) is 0 Å². The van der Waals surface area contributed by atoms with E-state index in [9.17, 15) is 13.6 Å². The van der Waals surface area contributed by atoms with E-state index in [0.717, 1.165) is 22.6 Å². The minimum Gasteiger partial charge on any atom is -0.320 e. The summed E-state index contributed by atoms with van der Waals surface area (Å²) in [6, 6.07) is 5.44. The van der Waals surface area contributed by atoms with Crippen molar-refractivity contribution in [3.05, 3.63) is 51.7 Å². The quantitative estimate of drug-likeness (QED) is 0.890. The third-order valence-corrected chi connectivity index (χ3v) is 3.79. The Kier molecular flexibility index (Phi) is 4.81. The van der Waals surface area contributed by atoms with Gasteiger partial charge in [-0.15, -0.1) is 11.3 Å². The Bertz CT molecular complexity index is 593. The summed E-state index contributed by atoms with van der Waals surface area (Å²) >= 11 is 1.60. The molecule has 20 heavy (non-hydrogen) atoms. The number of thiophene rings is 1. The van der Waals surface area contributed by atoms with E-state index < -0.39 is 23.2 Å². The van der Waals surface area contributed by atoms with Gasteiger partial charge < -0.3 is 10.6 Å². The number of carbonyl (C=O) groups is 1. The second-order valence-electron chi connectivity index (χ2n) is 4.28. The van der Waals surface area contributed by atoms with Crippen molar-refractivity contribution in [2.45, 2.75) is 13.5 Å². The highest BCUT2D eigenvalue weighted by molar-refractivity contribution is 7.10. The number of amides is 1. The topological polar surface area (TPSA) is 41.1 Å². The fourth-order valence-corrected chi connectivity index (χ4v) is 2.55. The zero-order valence-corrected chi connectivity index (χ0v) is 11.7. The largest absolute Gasteiger partial charge is 0.320 e. The molecule has 2 aromatic rings. The van der Waals surface area contributed by atoms with Crippen LogP contribution < -0.4 is 10.6 Å². The molecule has 0 aliphatic heterocycles. The van der Waals surface area contributed by atoms with Crippen LogP contribution in [-0.4, -0.2) is 12.5 Å². The second-order valence-corrected chi connectivity index (χ2v) is 5.28. The van der Waals surface area contributed by atoms with Crippen LogP contribution >= 0.6 is 11.3 Å². The van der Waals surface area contributed by atoms with Gasteiger partial charge in [0.05, 0.1) is 6.54 Å². The Balaban J connectivity index is 1.85. The van der Waals surface area contributed by atoms with E-state index in [1.54, 1.807) is 11.3 Å². The molecule has 2 rings (SSSR count). The van der Waals surface area contributed by atoms with Crippen LogP contribution in [0.4, 0.5) is 14.5 Å². The maximum Gasteiger partial charge on any atom is 0.238 e. The molecule has 106 valence electrons. The molecule has 1 heterocycles. The van der Waals surface area contributed by atoms with E-state index in [0.29, 0.717) is 6.54 Å².